The molecule has 2 heterocycles. The minimum atomic E-state index is -0.329. The van der Waals surface area contributed by atoms with Crippen LogP contribution in [-0.4, -0.2) is 22.7 Å². The summed E-state index contributed by atoms with van der Waals surface area (Å²) in [5, 5.41) is 8.45. The van der Waals surface area contributed by atoms with Crippen molar-refractivity contribution >= 4 is 22.6 Å². The van der Waals surface area contributed by atoms with Crippen LogP contribution >= 0.6 is 11.8 Å². The molecule has 136 valence electrons. The molecule has 0 radical (unpaired) electrons. The number of hydrogen-bond acceptors (Lipinski definition) is 6. The fourth-order valence-corrected chi connectivity index (χ4v) is 3.02. The molecule has 0 spiro atoms. The zero-order valence-corrected chi connectivity index (χ0v) is 15.3. The summed E-state index contributed by atoms with van der Waals surface area (Å²) in [6.45, 7) is 4.25. The lowest BCUT2D eigenvalue weighted by molar-refractivity contribution is -0.0171. The van der Waals surface area contributed by atoms with Crippen molar-refractivity contribution in [1.82, 2.24) is 4.98 Å². The molecule has 26 heavy (non-hydrogen) atoms. The molecule has 0 amide bonds. The van der Waals surface area contributed by atoms with Crippen molar-refractivity contribution in [3.05, 3.63) is 58.7 Å². The number of nitrogens with zero attached hydrogens (tertiary/aromatic N) is 3. The molecule has 0 atom stereocenters. The number of nitrogens with two attached hydrogens (primary N) is 1. The molecule has 0 aliphatic carbocycles. The van der Waals surface area contributed by atoms with Gasteiger partial charge in [-0.3, -0.25) is 4.98 Å². The Morgan fingerprint density at radius 1 is 1.35 bits per heavy atom. The first kappa shape index (κ1) is 18.3. The Morgan fingerprint density at radius 2 is 2.19 bits per heavy atom. The van der Waals surface area contributed by atoms with E-state index in [4.69, 9.17) is 15.2 Å². The van der Waals surface area contributed by atoms with Gasteiger partial charge in [0.25, 0.3) is 0 Å². The standard InChI is InChI=1S/C18H19FN4O2S/c1-11-3-4-13(7-21-11)12(2)22-23-18(20)26-9-15-6-16(19)5-14-8-24-10-25-17(14)15/h3-7H,8-10H2,1-2H3,(H2,20,23). The summed E-state index contributed by atoms with van der Waals surface area (Å²) in [5.41, 5.74) is 9.86. The Bertz CT molecular complexity index is 853. The molecule has 2 aromatic rings. The Morgan fingerprint density at radius 3 is 2.96 bits per heavy atom. The highest BCUT2D eigenvalue weighted by Crippen LogP contribution is 2.31. The Labute approximate surface area is 155 Å². The van der Waals surface area contributed by atoms with E-state index in [1.54, 1.807) is 6.20 Å². The molecule has 0 saturated heterocycles. The van der Waals surface area contributed by atoms with Crippen LogP contribution < -0.4 is 10.5 Å². The van der Waals surface area contributed by atoms with E-state index < -0.39 is 0 Å². The van der Waals surface area contributed by atoms with Crippen LogP contribution in [0.5, 0.6) is 5.75 Å². The highest BCUT2D eigenvalue weighted by Gasteiger charge is 2.17. The minimum absolute atomic E-state index is 0.161. The third-order valence-corrected chi connectivity index (χ3v) is 4.59. The van der Waals surface area contributed by atoms with Crippen LogP contribution in [0.4, 0.5) is 4.39 Å². The number of fused-ring (bicyclic) bond motifs is 1. The van der Waals surface area contributed by atoms with Crippen LogP contribution in [0.3, 0.4) is 0 Å². The molecule has 8 heteroatoms. The molecule has 3 rings (SSSR count). The molecule has 2 N–H and O–H groups in total. The first-order chi connectivity index (χ1) is 12.5. The second-order valence-electron chi connectivity index (χ2n) is 5.76. The topological polar surface area (TPSA) is 82.1 Å². The third kappa shape index (κ3) is 4.59. The zero-order chi connectivity index (χ0) is 18.5. The Hall–Kier alpha value is -2.45. The van der Waals surface area contributed by atoms with Gasteiger partial charge in [0.05, 0.1) is 12.3 Å². The molecule has 0 unspecified atom stereocenters. The number of ether oxygens (including phenoxy) is 2. The fraction of sp³-hybridized carbons (Fsp3) is 0.278. The molecule has 0 saturated carbocycles. The van der Waals surface area contributed by atoms with Crippen LogP contribution in [0.2, 0.25) is 0 Å². The average molecular weight is 374 g/mol. The second kappa shape index (κ2) is 8.29. The number of rotatable bonds is 4. The van der Waals surface area contributed by atoms with E-state index >= 15 is 0 Å². The summed E-state index contributed by atoms with van der Waals surface area (Å²) in [4.78, 5) is 4.23. The SMILES string of the molecule is CC(=N/N=C(\N)SCc1cc(F)cc2c1OCOC2)c1ccc(C)nc1. The van der Waals surface area contributed by atoms with E-state index in [0.717, 1.165) is 16.8 Å². The predicted octanol–water partition coefficient (Wildman–Crippen LogP) is 3.37. The van der Waals surface area contributed by atoms with Gasteiger partial charge in [-0.2, -0.15) is 5.10 Å². The highest BCUT2D eigenvalue weighted by atomic mass is 32.2. The van der Waals surface area contributed by atoms with E-state index in [1.807, 2.05) is 26.0 Å². The number of pyridine rings is 1. The number of hydrogen-bond donors (Lipinski definition) is 1. The Balaban J connectivity index is 1.68. The molecule has 1 aliphatic heterocycles. The monoisotopic (exact) mass is 374 g/mol. The molecular weight excluding hydrogens is 355 g/mol. The van der Waals surface area contributed by atoms with E-state index in [1.165, 1.54) is 23.9 Å². The van der Waals surface area contributed by atoms with Gasteiger partial charge in [0.1, 0.15) is 11.6 Å². The lowest BCUT2D eigenvalue weighted by Gasteiger charge is -2.20. The molecule has 1 aromatic carbocycles. The van der Waals surface area contributed by atoms with E-state index in [2.05, 4.69) is 15.2 Å². The van der Waals surface area contributed by atoms with Crippen LogP contribution in [-0.2, 0) is 17.1 Å². The number of thioether (sulfide) groups is 1. The number of halogens is 1. The van der Waals surface area contributed by atoms with Crippen molar-refractivity contribution in [2.75, 3.05) is 6.79 Å². The van der Waals surface area contributed by atoms with Crippen molar-refractivity contribution in [3.8, 4) is 5.75 Å². The van der Waals surface area contributed by atoms with E-state index in [-0.39, 0.29) is 17.8 Å². The van der Waals surface area contributed by atoms with Crippen LogP contribution in [0.15, 0.2) is 40.7 Å². The Kier molecular flexibility index (Phi) is 5.85. The largest absolute Gasteiger partial charge is 0.467 e. The van der Waals surface area contributed by atoms with Gasteiger partial charge in [-0.15, -0.1) is 5.10 Å². The summed E-state index contributed by atoms with van der Waals surface area (Å²) in [5.74, 6) is 0.754. The normalized spacial score (nSPS) is 14.7. The van der Waals surface area contributed by atoms with Gasteiger partial charge in [-0.05, 0) is 38.1 Å². The maximum Gasteiger partial charge on any atom is 0.189 e. The molecule has 1 aromatic heterocycles. The van der Waals surface area contributed by atoms with E-state index in [9.17, 15) is 4.39 Å². The van der Waals surface area contributed by atoms with E-state index in [0.29, 0.717) is 29.4 Å². The lowest BCUT2D eigenvalue weighted by atomic mass is 10.1. The van der Waals surface area contributed by atoms with Crippen LogP contribution in [0.1, 0.15) is 29.3 Å². The smallest absolute Gasteiger partial charge is 0.189 e. The predicted molar refractivity (Wildman–Crippen MR) is 101 cm³/mol. The van der Waals surface area contributed by atoms with Gasteiger partial charge in [0, 0.05) is 34.3 Å². The van der Waals surface area contributed by atoms with Crippen LogP contribution in [0, 0.1) is 12.7 Å². The third-order valence-electron chi connectivity index (χ3n) is 3.75. The lowest BCUT2D eigenvalue weighted by Crippen LogP contribution is -2.14. The number of amidine groups is 1. The number of benzene rings is 1. The highest BCUT2D eigenvalue weighted by molar-refractivity contribution is 8.13. The summed E-state index contributed by atoms with van der Waals surface area (Å²) in [7, 11) is 0. The minimum Gasteiger partial charge on any atom is -0.467 e. The van der Waals surface area contributed by atoms with Crippen molar-refractivity contribution in [2.45, 2.75) is 26.2 Å². The van der Waals surface area contributed by atoms with Gasteiger partial charge >= 0.3 is 0 Å². The quantitative estimate of drug-likeness (QED) is 0.504. The average Bonchev–Trinajstić information content (AvgIpc) is 2.64. The van der Waals surface area contributed by atoms with Crippen molar-refractivity contribution in [2.24, 2.45) is 15.9 Å². The van der Waals surface area contributed by atoms with Crippen molar-refractivity contribution in [3.63, 3.8) is 0 Å². The van der Waals surface area contributed by atoms with Gasteiger partial charge in [0.15, 0.2) is 12.0 Å². The van der Waals surface area contributed by atoms with Gasteiger partial charge < -0.3 is 15.2 Å². The van der Waals surface area contributed by atoms with Gasteiger partial charge in [-0.25, -0.2) is 4.39 Å². The van der Waals surface area contributed by atoms with Gasteiger partial charge in [0.2, 0.25) is 0 Å². The number of aromatic nitrogens is 1. The van der Waals surface area contributed by atoms with Crippen molar-refractivity contribution in [1.29, 1.82) is 0 Å². The molecule has 1 aliphatic rings. The molecule has 0 bridgehead atoms. The summed E-state index contributed by atoms with van der Waals surface area (Å²) in [6.07, 6.45) is 1.74. The zero-order valence-electron chi connectivity index (χ0n) is 14.5. The second-order valence-corrected chi connectivity index (χ2v) is 6.76. The first-order valence-electron chi connectivity index (χ1n) is 7.98. The first-order valence-corrected chi connectivity index (χ1v) is 8.97. The molecular formula is C18H19FN4O2S. The number of aryl methyl sites for hydroxylation is 1. The summed E-state index contributed by atoms with van der Waals surface area (Å²) >= 11 is 1.27. The molecule has 0 fully saturated rings. The fourth-order valence-electron chi connectivity index (χ4n) is 2.41. The summed E-state index contributed by atoms with van der Waals surface area (Å²) in [6, 6.07) is 6.70. The van der Waals surface area contributed by atoms with Crippen molar-refractivity contribution < 1.29 is 13.9 Å². The molecule has 6 nitrogen and oxygen atoms in total. The maximum atomic E-state index is 13.7. The summed E-state index contributed by atoms with van der Waals surface area (Å²) < 4.78 is 24.4. The maximum absolute atomic E-state index is 13.7. The van der Waals surface area contributed by atoms with Crippen LogP contribution in [0.25, 0.3) is 0 Å². The van der Waals surface area contributed by atoms with Gasteiger partial charge in [-0.1, -0.05) is 11.8 Å².